The highest BCUT2D eigenvalue weighted by molar-refractivity contribution is 7.53. The second-order valence-corrected chi connectivity index (χ2v) is 2.92. The molecule has 4 heteroatoms. The molecule has 0 N–H and O–H groups in total. The van der Waals surface area contributed by atoms with Crippen LogP contribution in [-0.2, 0) is 0 Å². The monoisotopic (exact) mass is 102 g/mol. The van der Waals surface area contributed by atoms with E-state index in [2.05, 4.69) is 27.8 Å². The smallest absolute Gasteiger partial charge is 0.0861 e. The molecule has 1 heterocycles. The zero-order valence-corrected chi connectivity index (χ0v) is 5.72. The molecule has 1 fully saturated rings. The minimum Gasteiger partial charge on any atom is -0.0935 e. The third-order valence-electron chi connectivity index (χ3n) is 1.85. The Balaban J connectivity index is 2.19. The van der Waals surface area contributed by atoms with Crippen LogP contribution in [-0.4, -0.2) is 27.3 Å². The van der Waals surface area contributed by atoms with Crippen molar-refractivity contribution in [3.8, 4) is 0 Å². The minimum absolute atomic E-state index is 0.839. The van der Waals surface area contributed by atoms with Crippen molar-refractivity contribution < 1.29 is 0 Å². The summed E-state index contributed by atoms with van der Waals surface area (Å²) in [7, 11) is 4.66. The van der Waals surface area contributed by atoms with Gasteiger partial charge in [0, 0.05) is 14.1 Å². The van der Waals surface area contributed by atoms with Gasteiger partial charge >= 0.3 is 0 Å². The highest BCUT2D eigenvalue weighted by Gasteiger charge is 2.18. The van der Waals surface area contributed by atoms with Gasteiger partial charge in [-0.05, 0) is 0 Å². The predicted molar refractivity (Wildman–Crippen MR) is 44.4 cm³/mol. The number of rotatable bonds is 0. The number of hydrogen-bond donors (Lipinski definition) is 0. The molecule has 1 rings (SSSR count). The van der Waals surface area contributed by atoms with Crippen LogP contribution in [0.15, 0.2) is 0 Å². The van der Waals surface area contributed by atoms with Gasteiger partial charge in [-0.1, -0.05) is 26.3 Å². The van der Waals surface area contributed by atoms with Gasteiger partial charge < -0.3 is 0 Å². The summed E-state index contributed by atoms with van der Waals surface area (Å²) in [6.45, 7) is 6.24. The standard InChI is InChI=1S/C4H10B4/c1-7-3-4-8(2)6-5-7/h3-4H2,1-2H3. The van der Waals surface area contributed by atoms with Gasteiger partial charge in [-0.25, -0.2) is 0 Å². The third kappa shape index (κ3) is 1.65. The van der Waals surface area contributed by atoms with E-state index >= 15 is 0 Å². The molecule has 0 atom stereocenters. The third-order valence-corrected chi connectivity index (χ3v) is 1.85. The minimum atomic E-state index is 0.839. The fraction of sp³-hybridized carbons (Fsp3) is 1.00. The molecular formula is C4H10B4. The first-order valence-corrected chi connectivity index (χ1v) is 3.47. The second kappa shape index (κ2) is 2.70. The molecule has 0 amide bonds. The van der Waals surface area contributed by atoms with Crippen LogP contribution >= 0.6 is 0 Å². The van der Waals surface area contributed by atoms with Crippen LogP contribution in [0.3, 0.4) is 0 Å². The lowest BCUT2D eigenvalue weighted by Gasteiger charge is -2.17. The van der Waals surface area contributed by atoms with E-state index in [1.165, 1.54) is 12.6 Å². The molecular weight excluding hydrogens is 91.3 g/mol. The van der Waals surface area contributed by atoms with Gasteiger partial charge in [0.05, 0.1) is 13.2 Å². The van der Waals surface area contributed by atoms with Crippen LogP contribution in [0, 0.1) is 0 Å². The van der Waals surface area contributed by atoms with E-state index in [4.69, 9.17) is 0 Å². The molecule has 0 bridgehead atoms. The molecule has 1 aliphatic rings. The van der Waals surface area contributed by atoms with E-state index in [9.17, 15) is 0 Å². The second-order valence-electron chi connectivity index (χ2n) is 2.92. The summed E-state index contributed by atoms with van der Waals surface area (Å²) in [5.74, 6) is 0. The summed E-state index contributed by atoms with van der Waals surface area (Å²) < 4.78 is 0. The summed E-state index contributed by atoms with van der Waals surface area (Å²) in [5.41, 5.74) is 0. The lowest BCUT2D eigenvalue weighted by atomic mass is 8.91. The lowest BCUT2D eigenvalue weighted by molar-refractivity contribution is 1.39. The Bertz CT molecular complexity index is 56.4. The van der Waals surface area contributed by atoms with E-state index in [-0.39, 0.29) is 0 Å². The molecule has 1 aliphatic heterocycles. The van der Waals surface area contributed by atoms with Crippen molar-refractivity contribution in [2.24, 2.45) is 0 Å². The van der Waals surface area contributed by atoms with Crippen LogP contribution in [0.2, 0.25) is 26.3 Å². The van der Waals surface area contributed by atoms with Crippen LogP contribution < -0.4 is 0 Å². The largest absolute Gasteiger partial charge is 0.0935 e. The molecule has 0 aromatic rings. The SMILES string of the molecule is CB1[B][B]B(C)CC1. The van der Waals surface area contributed by atoms with Gasteiger partial charge in [0.2, 0.25) is 0 Å². The van der Waals surface area contributed by atoms with Gasteiger partial charge in [0.1, 0.15) is 0 Å². The molecule has 0 spiro atoms. The van der Waals surface area contributed by atoms with Gasteiger partial charge in [-0.3, -0.25) is 0 Å². The van der Waals surface area contributed by atoms with Crippen molar-refractivity contribution in [2.75, 3.05) is 0 Å². The fourth-order valence-electron chi connectivity index (χ4n) is 1.10. The Hall–Kier alpha value is 0.260. The van der Waals surface area contributed by atoms with Gasteiger partial charge in [0.15, 0.2) is 0 Å². The predicted octanol–water partition coefficient (Wildman–Crippen LogP) is 0.566. The van der Waals surface area contributed by atoms with E-state index in [0.29, 0.717) is 0 Å². The first-order valence-electron chi connectivity index (χ1n) is 3.47. The Morgan fingerprint density at radius 2 is 1.38 bits per heavy atom. The molecule has 38 valence electrons. The highest BCUT2D eigenvalue weighted by atomic mass is 13.6. The van der Waals surface area contributed by atoms with Crippen LogP contribution in [0.5, 0.6) is 0 Å². The Kier molecular flexibility index (Phi) is 2.16. The quantitative estimate of drug-likeness (QED) is 0.391. The zero-order valence-electron chi connectivity index (χ0n) is 5.72. The Labute approximate surface area is 54.4 Å². The van der Waals surface area contributed by atoms with Gasteiger partial charge in [-0.15, -0.1) is 0 Å². The van der Waals surface area contributed by atoms with E-state index in [0.717, 1.165) is 13.2 Å². The maximum absolute atomic E-state index is 2.33. The van der Waals surface area contributed by atoms with Gasteiger partial charge in [-0.2, -0.15) is 0 Å². The van der Waals surface area contributed by atoms with Crippen molar-refractivity contribution in [3.63, 3.8) is 0 Å². The summed E-state index contributed by atoms with van der Waals surface area (Å²) in [6, 6.07) is 0. The summed E-state index contributed by atoms with van der Waals surface area (Å²) in [4.78, 5) is 0. The zero-order chi connectivity index (χ0) is 5.98. The summed E-state index contributed by atoms with van der Waals surface area (Å²) >= 11 is 0. The van der Waals surface area contributed by atoms with Crippen LogP contribution in [0.1, 0.15) is 0 Å². The molecule has 8 heavy (non-hydrogen) atoms. The van der Waals surface area contributed by atoms with Crippen molar-refractivity contribution in [3.05, 3.63) is 0 Å². The van der Waals surface area contributed by atoms with E-state index in [1.54, 1.807) is 0 Å². The van der Waals surface area contributed by atoms with Crippen molar-refractivity contribution in [1.29, 1.82) is 0 Å². The summed E-state index contributed by atoms with van der Waals surface area (Å²) in [5, 5.41) is 0. The first-order chi connectivity index (χ1) is 3.79. The maximum Gasteiger partial charge on any atom is 0.0861 e. The molecule has 0 aromatic carbocycles. The first kappa shape index (κ1) is 6.38. The summed E-state index contributed by atoms with van der Waals surface area (Å²) in [6.07, 6.45) is 2.77. The lowest BCUT2D eigenvalue weighted by Crippen LogP contribution is -2.38. The maximum atomic E-state index is 2.33. The van der Waals surface area contributed by atoms with Crippen molar-refractivity contribution in [2.45, 2.75) is 26.3 Å². The average Bonchev–Trinajstić information content (AvgIpc) is 1.77. The van der Waals surface area contributed by atoms with Crippen molar-refractivity contribution in [1.82, 2.24) is 0 Å². The van der Waals surface area contributed by atoms with Crippen molar-refractivity contribution >= 4 is 27.3 Å². The molecule has 0 unspecified atom stereocenters. The van der Waals surface area contributed by atoms with Crippen LogP contribution in [0.25, 0.3) is 0 Å². The molecule has 0 aromatic heterocycles. The molecule has 0 aliphatic carbocycles. The fourth-order valence-corrected chi connectivity index (χ4v) is 1.10. The van der Waals surface area contributed by atoms with Gasteiger partial charge in [0.25, 0.3) is 0 Å². The highest BCUT2D eigenvalue weighted by Crippen LogP contribution is 2.06. The normalized spacial score (nSPS) is 19.8. The van der Waals surface area contributed by atoms with E-state index in [1.807, 2.05) is 0 Å². The Morgan fingerprint density at radius 1 is 1.00 bits per heavy atom. The Morgan fingerprint density at radius 3 is 1.62 bits per heavy atom. The van der Waals surface area contributed by atoms with Crippen LogP contribution in [0.4, 0.5) is 0 Å². The molecule has 1 saturated heterocycles. The molecule has 0 saturated carbocycles. The van der Waals surface area contributed by atoms with E-state index < -0.39 is 0 Å². The number of hydrogen-bond acceptors (Lipinski definition) is 0. The average molecular weight is 101 g/mol. The molecule has 2 radical (unpaired) electrons. The topological polar surface area (TPSA) is 0 Å². The molecule has 0 nitrogen and oxygen atoms in total.